The summed E-state index contributed by atoms with van der Waals surface area (Å²) < 4.78 is 32.5. The summed E-state index contributed by atoms with van der Waals surface area (Å²) in [6.07, 6.45) is 1.02. The number of esters is 1. The number of hydrogen-bond acceptors (Lipinski definition) is 6. The fourth-order valence-corrected chi connectivity index (χ4v) is 5.65. The largest absolute Gasteiger partial charge is 0.462 e. The smallest absolute Gasteiger partial charge is 0.339 e. The summed E-state index contributed by atoms with van der Waals surface area (Å²) in [5.74, 6) is -0.312. The second kappa shape index (κ2) is 9.79. The lowest BCUT2D eigenvalue weighted by atomic mass is 9.94. The highest BCUT2D eigenvalue weighted by Crippen LogP contribution is 2.27. The van der Waals surface area contributed by atoms with Gasteiger partial charge in [-0.15, -0.1) is 0 Å². The number of pyridine rings is 1. The summed E-state index contributed by atoms with van der Waals surface area (Å²) in [6.45, 7) is 8.74. The van der Waals surface area contributed by atoms with Gasteiger partial charge in [-0.2, -0.15) is 4.31 Å². The molecule has 0 aliphatic carbocycles. The van der Waals surface area contributed by atoms with Gasteiger partial charge in [-0.1, -0.05) is 13.8 Å². The first-order chi connectivity index (χ1) is 15.1. The lowest BCUT2D eigenvalue weighted by Gasteiger charge is -2.34. The Kier molecular flexibility index (Phi) is 7.30. The summed E-state index contributed by atoms with van der Waals surface area (Å²) in [5.41, 5.74) is 1.29. The highest BCUT2D eigenvalue weighted by molar-refractivity contribution is 7.89. The van der Waals surface area contributed by atoms with Crippen molar-refractivity contribution in [1.29, 1.82) is 0 Å². The Labute approximate surface area is 189 Å². The van der Waals surface area contributed by atoms with Gasteiger partial charge in [0.2, 0.25) is 10.0 Å². The first-order valence-electron chi connectivity index (χ1n) is 10.7. The monoisotopic (exact) mass is 459 g/mol. The van der Waals surface area contributed by atoms with Crippen LogP contribution in [-0.2, 0) is 14.8 Å². The van der Waals surface area contributed by atoms with Crippen molar-refractivity contribution in [3.05, 3.63) is 53.3 Å². The van der Waals surface area contributed by atoms with Crippen LogP contribution in [0.1, 0.15) is 53.7 Å². The first kappa shape index (κ1) is 23.9. The molecule has 2 unspecified atom stereocenters. The summed E-state index contributed by atoms with van der Waals surface area (Å²) in [4.78, 5) is 28.8. The van der Waals surface area contributed by atoms with Gasteiger partial charge in [0.1, 0.15) is 5.69 Å². The van der Waals surface area contributed by atoms with Crippen LogP contribution < -0.4 is 5.32 Å². The SMILES string of the molecule is CCOC(=O)c1ccc(C(=O)Nc2ccc(S(=O)(=O)N3CC(C)CC(C)C3)cc2)nc1C. The minimum Gasteiger partial charge on any atom is -0.462 e. The molecule has 1 aliphatic rings. The van der Waals surface area contributed by atoms with Crippen molar-refractivity contribution in [3.63, 3.8) is 0 Å². The third-order valence-corrected chi connectivity index (χ3v) is 7.24. The molecule has 9 heteroatoms. The lowest BCUT2D eigenvalue weighted by Crippen LogP contribution is -2.42. The number of ether oxygens (including phenoxy) is 1. The van der Waals surface area contributed by atoms with E-state index >= 15 is 0 Å². The molecule has 172 valence electrons. The number of amides is 1. The average Bonchev–Trinajstić information content (AvgIpc) is 2.73. The Bertz CT molecular complexity index is 1090. The van der Waals surface area contributed by atoms with Crippen LogP contribution in [0.15, 0.2) is 41.3 Å². The predicted octanol–water partition coefficient (Wildman–Crippen LogP) is 3.49. The molecule has 32 heavy (non-hydrogen) atoms. The van der Waals surface area contributed by atoms with Gasteiger partial charge in [0.25, 0.3) is 5.91 Å². The molecule has 8 nitrogen and oxygen atoms in total. The van der Waals surface area contributed by atoms with E-state index in [1.165, 1.54) is 28.6 Å². The standard InChI is InChI=1S/C23H29N3O5S/c1-5-31-23(28)20-10-11-21(24-17(20)4)22(27)25-18-6-8-19(9-7-18)32(29,30)26-13-15(2)12-16(3)14-26/h6-11,15-16H,5,12-14H2,1-4H3,(H,25,27). The van der Waals surface area contributed by atoms with Crippen molar-refractivity contribution in [2.75, 3.05) is 25.0 Å². The summed E-state index contributed by atoms with van der Waals surface area (Å²) >= 11 is 0. The van der Waals surface area contributed by atoms with Crippen molar-refractivity contribution in [1.82, 2.24) is 9.29 Å². The molecule has 3 rings (SSSR count). The van der Waals surface area contributed by atoms with Crippen LogP contribution in [0, 0.1) is 18.8 Å². The third kappa shape index (κ3) is 5.34. The van der Waals surface area contributed by atoms with E-state index in [0.29, 0.717) is 41.9 Å². The molecular formula is C23H29N3O5S. The Morgan fingerprint density at radius 1 is 1.09 bits per heavy atom. The van der Waals surface area contributed by atoms with E-state index in [1.54, 1.807) is 26.0 Å². The zero-order valence-corrected chi connectivity index (χ0v) is 19.6. The van der Waals surface area contributed by atoms with Crippen LogP contribution in [0.25, 0.3) is 0 Å². The van der Waals surface area contributed by atoms with Gasteiger partial charge >= 0.3 is 5.97 Å². The van der Waals surface area contributed by atoms with Crippen molar-refractivity contribution in [3.8, 4) is 0 Å². The number of carbonyl (C=O) groups is 2. The third-order valence-electron chi connectivity index (χ3n) is 5.40. The van der Waals surface area contributed by atoms with Crippen LogP contribution in [0.4, 0.5) is 5.69 Å². The molecule has 1 aromatic carbocycles. The predicted molar refractivity (Wildman–Crippen MR) is 121 cm³/mol. The number of anilines is 1. The molecule has 0 saturated carbocycles. The zero-order valence-electron chi connectivity index (χ0n) is 18.8. The number of nitrogens with one attached hydrogen (secondary N) is 1. The molecule has 0 bridgehead atoms. The Hall–Kier alpha value is -2.78. The fourth-order valence-electron chi connectivity index (χ4n) is 3.97. The van der Waals surface area contributed by atoms with Gasteiger partial charge in [-0.25, -0.2) is 18.2 Å². The first-order valence-corrected chi connectivity index (χ1v) is 12.1. The molecular weight excluding hydrogens is 430 g/mol. The van der Waals surface area contributed by atoms with E-state index in [-0.39, 0.29) is 17.2 Å². The van der Waals surface area contributed by atoms with Crippen LogP contribution in [0.5, 0.6) is 0 Å². The average molecular weight is 460 g/mol. The molecule has 1 fully saturated rings. The molecule has 0 radical (unpaired) electrons. The number of aryl methyl sites for hydroxylation is 1. The molecule has 1 aromatic heterocycles. The number of carbonyl (C=O) groups excluding carboxylic acids is 2. The number of sulfonamides is 1. The zero-order chi connectivity index (χ0) is 23.5. The van der Waals surface area contributed by atoms with Crippen molar-refractivity contribution in [2.24, 2.45) is 11.8 Å². The summed E-state index contributed by atoms with van der Waals surface area (Å²) in [5, 5.41) is 2.71. The van der Waals surface area contributed by atoms with E-state index < -0.39 is 21.9 Å². The maximum absolute atomic E-state index is 13.0. The number of hydrogen-bond donors (Lipinski definition) is 1. The van der Waals surface area contributed by atoms with Crippen molar-refractivity contribution < 1.29 is 22.7 Å². The van der Waals surface area contributed by atoms with E-state index in [0.717, 1.165) is 6.42 Å². The minimum absolute atomic E-state index is 0.142. The van der Waals surface area contributed by atoms with Gasteiger partial charge in [0.15, 0.2) is 0 Å². The molecule has 1 N–H and O–H groups in total. The van der Waals surface area contributed by atoms with E-state index in [9.17, 15) is 18.0 Å². The maximum Gasteiger partial charge on any atom is 0.339 e. The highest BCUT2D eigenvalue weighted by atomic mass is 32.2. The van der Waals surface area contributed by atoms with Crippen molar-refractivity contribution in [2.45, 2.75) is 39.0 Å². The summed E-state index contributed by atoms with van der Waals surface area (Å²) in [7, 11) is -3.58. The Morgan fingerprint density at radius 3 is 2.28 bits per heavy atom. The molecule has 1 saturated heterocycles. The lowest BCUT2D eigenvalue weighted by molar-refractivity contribution is 0.0524. The maximum atomic E-state index is 13.0. The number of nitrogens with zero attached hydrogens (tertiary/aromatic N) is 2. The second-order valence-corrected chi connectivity index (χ2v) is 10.2. The van der Waals surface area contributed by atoms with Gasteiger partial charge in [0, 0.05) is 18.8 Å². The van der Waals surface area contributed by atoms with Crippen LogP contribution in [0.3, 0.4) is 0 Å². The number of benzene rings is 1. The fraction of sp³-hybridized carbons (Fsp3) is 0.435. The molecule has 2 heterocycles. The Balaban J connectivity index is 1.71. The second-order valence-electron chi connectivity index (χ2n) is 8.30. The van der Waals surface area contributed by atoms with Crippen LogP contribution in [0.2, 0.25) is 0 Å². The van der Waals surface area contributed by atoms with E-state index in [1.807, 2.05) is 0 Å². The van der Waals surface area contributed by atoms with Gasteiger partial charge in [-0.3, -0.25) is 4.79 Å². The van der Waals surface area contributed by atoms with Crippen molar-refractivity contribution >= 4 is 27.6 Å². The van der Waals surface area contributed by atoms with Crippen LogP contribution >= 0.6 is 0 Å². The van der Waals surface area contributed by atoms with E-state index in [4.69, 9.17) is 4.74 Å². The summed E-state index contributed by atoms with van der Waals surface area (Å²) in [6, 6.07) is 9.06. The minimum atomic E-state index is -3.58. The number of aromatic nitrogens is 1. The highest BCUT2D eigenvalue weighted by Gasteiger charge is 2.31. The molecule has 1 aliphatic heterocycles. The number of rotatable bonds is 6. The van der Waals surface area contributed by atoms with Gasteiger partial charge in [0.05, 0.1) is 22.8 Å². The van der Waals surface area contributed by atoms with E-state index in [2.05, 4.69) is 24.1 Å². The molecule has 2 atom stereocenters. The Morgan fingerprint density at radius 2 is 1.72 bits per heavy atom. The quantitative estimate of drug-likeness (QED) is 0.663. The van der Waals surface area contributed by atoms with Gasteiger partial charge < -0.3 is 10.1 Å². The molecule has 0 spiro atoms. The molecule has 1 amide bonds. The normalized spacial score (nSPS) is 19.4. The number of piperidine rings is 1. The molecule has 2 aromatic rings. The van der Waals surface area contributed by atoms with Crippen LogP contribution in [-0.4, -0.2) is 49.3 Å². The van der Waals surface area contributed by atoms with Gasteiger partial charge in [-0.05, 0) is 68.5 Å². The topological polar surface area (TPSA) is 106 Å².